The third-order valence-electron chi connectivity index (χ3n) is 3.64. The average Bonchev–Trinajstić information content (AvgIpc) is 2.53. The van der Waals surface area contributed by atoms with Gasteiger partial charge in [0, 0.05) is 13.0 Å². The summed E-state index contributed by atoms with van der Waals surface area (Å²) in [6.45, 7) is 2.71. The molecule has 2 aromatic carbocycles. The molecule has 22 heavy (non-hydrogen) atoms. The van der Waals surface area contributed by atoms with Crippen LogP contribution in [0.5, 0.6) is 0 Å². The fourth-order valence-electron chi connectivity index (χ4n) is 2.27. The monoisotopic (exact) mass is 299 g/mol. The standard InChI is InChI=1S/C19H22FNO/c1-15-4-6-17(7-5-15)10-13-19(22)21-14-2-3-16-8-11-18(20)12-9-16/h4-9,11-12H,2-3,10,13-14H2,1H3,(H,21,22). The average molecular weight is 299 g/mol. The predicted octanol–water partition coefficient (Wildman–Crippen LogP) is 3.82. The summed E-state index contributed by atoms with van der Waals surface area (Å²) >= 11 is 0. The minimum absolute atomic E-state index is 0.0830. The molecule has 1 N–H and O–H groups in total. The van der Waals surface area contributed by atoms with Gasteiger partial charge in [0.2, 0.25) is 5.91 Å². The van der Waals surface area contributed by atoms with E-state index in [1.54, 1.807) is 12.1 Å². The Kier molecular flexibility index (Phi) is 6.13. The first kappa shape index (κ1) is 16.2. The van der Waals surface area contributed by atoms with E-state index in [2.05, 4.69) is 36.5 Å². The molecule has 0 unspecified atom stereocenters. The lowest BCUT2D eigenvalue weighted by molar-refractivity contribution is -0.121. The third kappa shape index (κ3) is 5.68. The van der Waals surface area contributed by atoms with Crippen LogP contribution in [0.1, 0.15) is 29.5 Å². The molecule has 1 amide bonds. The van der Waals surface area contributed by atoms with Gasteiger partial charge < -0.3 is 5.32 Å². The molecule has 3 heteroatoms. The molecule has 0 spiro atoms. The Labute approximate surface area is 131 Å². The first-order chi connectivity index (χ1) is 10.6. The molecule has 2 rings (SSSR count). The van der Waals surface area contributed by atoms with Crippen molar-refractivity contribution in [3.8, 4) is 0 Å². The van der Waals surface area contributed by atoms with Crippen LogP contribution in [0.25, 0.3) is 0 Å². The lowest BCUT2D eigenvalue weighted by atomic mass is 10.1. The highest BCUT2D eigenvalue weighted by Gasteiger charge is 2.02. The third-order valence-corrected chi connectivity index (χ3v) is 3.64. The van der Waals surface area contributed by atoms with Crippen LogP contribution in [0.2, 0.25) is 0 Å². The molecular formula is C19H22FNO. The van der Waals surface area contributed by atoms with Crippen LogP contribution < -0.4 is 5.32 Å². The summed E-state index contributed by atoms with van der Waals surface area (Å²) in [5.41, 5.74) is 3.51. The zero-order valence-corrected chi connectivity index (χ0v) is 12.9. The fourth-order valence-corrected chi connectivity index (χ4v) is 2.27. The number of hydrogen-bond donors (Lipinski definition) is 1. The van der Waals surface area contributed by atoms with Gasteiger partial charge in [-0.1, -0.05) is 42.0 Å². The van der Waals surface area contributed by atoms with E-state index in [4.69, 9.17) is 0 Å². The lowest BCUT2D eigenvalue weighted by Crippen LogP contribution is -2.24. The number of benzene rings is 2. The van der Waals surface area contributed by atoms with Crippen molar-refractivity contribution < 1.29 is 9.18 Å². The van der Waals surface area contributed by atoms with Gasteiger partial charge in [0.15, 0.2) is 0 Å². The molecule has 0 radical (unpaired) electrons. The molecule has 0 aliphatic heterocycles. The lowest BCUT2D eigenvalue weighted by Gasteiger charge is -2.06. The van der Waals surface area contributed by atoms with E-state index in [1.165, 1.54) is 23.3 Å². The van der Waals surface area contributed by atoms with Crippen LogP contribution in [-0.2, 0) is 17.6 Å². The Bertz CT molecular complexity index is 590. The smallest absolute Gasteiger partial charge is 0.220 e. The van der Waals surface area contributed by atoms with E-state index in [-0.39, 0.29) is 11.7 Å². The van der Waals surface area contributed by atoms with Crippen molar-refractivity contribution >= 4 is 5.91 Å². The Morgan fingerprint density at radius 1 is 0.955 bits per heavy atom. The molecule has 0 saturated carbocycles. The number of nitrogens with one attached hydrogen (secondary N) is 1. The molecule has 0 heterocycles. The van der Waals surface area contributed by atoms with Crippen LogP contribution in [0.3, 0.4) is 0 Å². The summed E-state index contributed by atoms with van der Waals surface area (Å²) in [6, 6.07) is 14.8. The van der Waals surface area contributed by atoms with Crippen molar-refractivity contribution in [1.82, 2.24) is 5.32 Å². The van der Waals surface area contributed by atoms with Gasteiger partial charge in [-0.2, -0.15) is 0 Å². The summed E-state index contributed by atoms with van der Waals surface area (Å²) in [7, 11) is 0. The van der Waals surface area contributed by atoms with Crippen LogP contribution in [0.4, 0.5) is 4.39 Å². The first-order valence-electron chi connectivity index (χ1n) is 7.70. The summed E-state index contributed by atoms with van der Waals surface area (Å²) in [5.74, 6) is -0.132. The van der Waals surface area contributed by atoms with Gasteiger partial charge in [-0.15, -0.1) is 0 Å². The van der Waals surface area contributed by atoms with Crippen molar-refractivity contribution in [3.63, 3.8) is 0 Å². The molecule has 0 saturated heterocycles. The SMILES string of the molecule is Cc1ccc(CCC(=O)NCCCc2ccc(F)cc2)cc1. The summed E-state index contributed by atoms with van der Waals surface area (Å²) < 4.78 is 12.8. The highest BCUT2D eigenvalue weighted by Crippen LogP contribution is 2.06. The molecule has 0 aliphatic carbocycles. The quantitative estimate of drug-likeness (QED) is 0.774. The largest absolute Gasteiger partial charge is 0.356 e. The maximum atomic E-state index is 12.8. The van der Waals surface area contributed by atoms with E-state index in [0.717, 1.165) is 24.8 Å². The van der Waals surface area contributed by atoms with Gasteiger partial charge >= 0.3 is 0 Å². The van der Waals surface area contributed by atoms with Crippen molar-refractivity contribution in [2.24, 2.45) is 0 Å². The Morgan fingerprint density at radius 3 is 2.23 bits per heavy atom. The minimum atomic E-state index is -0.215. The van der Waals surface area contributed by atoms with E-state index in [1.807, 2.05) is 0 Å². The zero-order chi connectivity index (χ0) is 15.8. The van der Waals surface area contributed by atoms with Gasteiger partial charge in [-0.25, -0.2) is 4.39 Å². The number of rotatable bonds is 7. The number of hydrogen-bond acceptors (Lipinski definition) is 1. The summed E-state index contributed by atoms with van der Waals surface area (Å²) in [4.78, 5) is 11.8. The van der Waals surface area contributed by atoms with Crippen LogP contribution >= 0.6 is 0 Å². The molecule has 2 aromatic rings. The van der Waals surface area contributed by atoms with Gasteiger partial charge in [0.1, 0.15) is 5.82 Å². The molecule has 0 atom stereocenters. The normalized spacial score (nSPS) is 10.5. The number of amides is 1. The van der Waals surface area contributed by atoms with Crippen LogP contribution in [0, 0.1) is 12.7 Å². The topological polar surface area (TPSA) is 29.1 Å². The Hall–Kier alpha value is -2.16. The second-order valence-corrected chi connectivity index (χ2v) is 5.57. The predicted molar refractivity (Wildman–Crippen MR) is 87.2 cm³/mol. The van der Waals surface area contributed by atoms with E-state index >= 15 is 0 Å². The number of carbonyl (C=O) groups excluding carboxylic acids is 1. The number of aryl methyl sites for hydroxylation is 3. The molecule has 0 aliphatic rings. The van der Waals surface area contributed by atoms with Crippen molar-refractivity contribution in [2.75, 3.05) is 6.54 Å². The van der Waals surface area contributed by atoms with E-state index < -0.39 is 0 Å². The van der Waals surface area contributed by atoms with Crippen LogP contribution in [-0.4, -0.2) is 12.5 Å². The molecule has 116 valence electrons. The number of halogens is 1. The minimum Gasteiger partial charge on any atom is -0.356 e. The van der Waals surface area contributed by atoms with E-state index in [0.29, 0.717) is 13.0 Å². The van der Waals surface area contributed by atoms with Gasteiger partial charge in [0.25, 0.3) is 0 Å². The molecule has 0 bridgehead atoms. The molecule has 0 aromatic heterocycles. The van der Waals surface area contributed by atoms with Crippen molar-refractivity contribution in [1.29, 1.82) is 0 Å². The Balaban J connectivity index is 1.61. The van der Waals surface area contributed by atoms with Crippen molar-refractivity contribution in [3.05, 3.63) is 71.0 Å². The zero-order valence-electron chi connectivity index (χ0n) is 12.9. The first-order valence-corrected chi connectivity index (χ1v) is 7.70. The van der Waals surface area contributed by atoms with E-state index in [9.17, 15) is 9.18 Å². The van der Waals surface area contributed by atoms with Gasteiger partial charge in [0.05, 0.1) is 0 Å². The second-order valence-electron chi connectivity index (χ2n) is 5.57. The number of carbonyl (C=O) groups is 1. The van der Waals surface area contributed by atoms with Gasteiger partial charge in [-0.05, 0) is 49.4 Å². The highest BCUT2D eigenvalue weighted by atomic mass is 19.1. The molecular weight excluding hydrogens is 277 g/mol. The highest BCUT2D eigenvalue weighted by molar-refractivity contribution is 5.76. The maximum Gasteiger partial charge on any atom is 0.220 e. The fraction of sp³-hybridized carbons (Fsp3) is 0.316. The summed E-state index contributed by atoms with van der Waals surface area (Å²) in [6.07, 6.45) is 2.99. The van der Waals surface area contributed by atoms with Crippen molar-refractivity contribution in [2.45, 2.75) is 32.6 Å². The summed E-state index contributed by atoms with van der Waals surface area (Å²) in [5, 5.41) is 2.93. The Morgan fingerprint density at radius 2 is 1.55 bits per heavy atom. The van der Waals surface area contributed by atoms with Gasteiger partial charge in [-0.3, -0.25) is 4.79 Å². The molecule has 2 nitrogen and oxygen atoms in total. The second kappa shape index (κ2) is 8.32. The maximum absolute atomic E-state index is 12.8. The van der Waals surface area contributed by atoms with Crippen LogP contribution in [0.15, 0.2) is 48.5 Å². The molecule has 0 fully saturated rings.